The molecule has 3 unspecified atom stereocenters. The average Bonchev–Trinajstić information content (AvgIpc) is 2.64. The smallest absolute Gasteiger partial charge is 0.272 e. The first kappa shape index (κ1) is 10.4. The number of fused-ring (bicyclic) bond motifs is 1. The third kappa shape index (κ3) is 1.51. The molecule has 2 aliphatic heterocycles. The highest BCUT2D eigenvalue weighted by molar-refractivity contribution is 5.80. The van der Waals surface area contributed by atoms with E-state index in [-0.39, 0.29) is 30.6 Å². The summed E-state index contributed by atoms with van der Waals surface area (Å²) in [5.74, 6) is -2.40. The van der Waals surface area contributed by atoms with E-state index in [1.165, 1.54) is 0 Å². The third-order valence-corrected chi connectivity index (χ3v) is 3.97. The van der Waals surface area contributed by atoms with Crippen LogP contribution in [0.5, 0.6) is 0 Å². The first-order valence-corrected chi connectivity index (χ1v) is 5.57. The summed E-state index contributed by atoms with van der Waals surface area (Å²) in [5.41, 5.74) is 5.12. The Labute approximate surface area is 92.1 Å². The highest BCUT2D eigenvalue weighted by atomic mass is 19.3. The molecule has 0 aromatic heterocycles. The molecular weight excluding hydrogens is 216 g/mol. The number of nitrogens with two attached hydrogens (primary N) is 1. The minimum Gasteiger partial charge on any atom is -0.368 e. The van der Waals surface area contributed by atoms with Crippen molar-refractivity contribution in [1.82, 2.24) is 10.2 Å². The molecule has 1 saturated carbocycles. The van der Waals surface area contributed by atoms with Gasteiger partial charge in [-0.1, -0.05) is 0 Å². The number of piperidine rings is 1. The SMILES string of the molecule is NC(=O)C1CC2CC2(CN2CC(F)(F)C2)N1. The van der Waals surface area contributed by atoms with E-state index in [0.717, 1.165) is 12.8 Å². The molecule has 90 valence electrons. The fourth-order valence-corrected chi connectivity index (χ4v) is 3.10. The standard InChI is InChI=1S/C10H15F2N3O/c11-10(12)4-15(5-10)3-9-2-6(9)1-7(14-9)8(13)16/h6-7,14H,1-5H2,(H2,13,16). The molecular formula is C10H15F2N3O. The second-order valence-corrected chi connectivity index (χ2v) is 5.39. The Hall–Kier alpha value is -0.750. The van der Waals surface area contributed by atoms with Gasteiger partial charge in [-0.2, -0.15) is 0 Å². The molecule has 1 aliphatic carbocycles. The van der Waals surface area contributed by atoms with E-state index in [1.54, 1.807) is 4.90 Å². The Morgan fingerprint density at radius 1 is 1.50 bits per heavy atom. The van der Waals surface area contributed by atoms with Crippen molar-refractivity contribution in [3.05, 3.63) is 0 Å². The van der Waals surface area contributed by atoms with Crippen LogP contribution in [0.3, 0.4) is 0 Å². The molecule has 0 aromatic rings. The molecule has 3 fully saturated rings. The Morgan fingerprint density at radius 2 is 2.19 bits per heavy atom. The van der Waals surface area contributed by atoms with Gasteiger partial charge in [0.2, 0.25) is 5.91 Å². The van der Waals surface area contributed by atoms with Gasteiger partial charge in [0.05, 0.1) is 19.1 Å². The lowest BCUT2D eigenvalue weighted by Crippen LogP contribution is -2.60. The number of amides is 1. The number of carbonyl (C=O) groups is 1. The Balaban J connectivity index is 1.56. The predicted octanol–water partition coefficient (Wildman–Crippen LogP) is -0.457. The van der Waals surface area contributed by atoms with Crippen molar-refractivity contribution in [1.29, 1.82) is 0 Å². The van der Waals surface area contributed by atoms with Gasteiger partial charge in [0.25, 0.3) is 5.92 Å². The highest BCUT2D eigenvalue weighted by Gasteiger charge is 2.63. The molecule has 4 nitrogen and oxygen atoms in total. The molecule has 0 spiro atoms. The first-order chi connectivity index (χ1) is 7.40. The first-order valence-electron chi connectivity index (χ1n) is 5.57. The minimum absolute atomic E-state index is 0.101. The number of carbonyl (C=O) groups excluding carboxylic acids is 1. The Kier molecular flexibility index (Phi) is 1.90. The number of hydrogen-bond acceptors (Lipinski definition) is 3. The van der Waals surface area contributed by atoms with E-state index in [4.69, 9.17) is 5.73 Å². The zero-order valence-electron chi connectivity index (χ0n) is 8.88. The molecule has 2 heterocycles. The molecule has 3 atom stereocenters. The van der Waals surface area contributed by atoms with Gasteiger partial charge in [0.1, 0.15) is 0 Å². The fourth-order valence-electron chi connectivity index (χ4n) is 3.10. The van der Waals surface area contributed by atoms with Gasteiger partial charge in [-0.25, -0.2) is 8.78 Å². The topological polar surface area (TPSA) is 58.4 Å². The predicted molar refractivity (Wildman–Crippen MR) is 53.0 cm³/mol. The van der Waals surface area contributed by atoms with Crippen molar-refractivity contribution in [3.63, 3.8) is 0 Å². The number of hydrogen-bond donors (Lipinski definition) is 2. The number of primary amides is 1. The van der Waals surface area contributed by atoms with Crippen LogP contribution in [-0.2, 0) is 4.79 Å². The lowest BCUT2D eigenvalue weighted by Gasteiger charge is -2.40. The fraction of sp³-hybridized carbons (Fsp3) is 0.900. The number of halogens is 2. The summed E-state index contributed by atoms with van der Waals surface area (Å²) in [6, 6.07) is -0.263. The summed E-state index contributed by atoms with van der Waals surface area (Å²) in [6.45, 7) is 0.325. The molecule has 0 aromatic carbocycles. The van der Waals surface area contributed by atoms with E-state index in [9.17, 15) is 13.6 Å². The van der Waals surface area contributed by atoms with Crippen LogP contribution in [0.15, 0.2) is 0 Å². The largest absolute Gasteiger partial charge is 0.368 e. The molecule has 0 radical (unpaired) electrons. The van der Waals surface area contributed by atoms with Crippen molar-refractivity contribution in [2.45, 2.75) is 30.3 Å². The lowest BCUT2D eigenvalue weighted by molar-refractivity contribution is -0.134. The monoisotopic (exact) mass is 231 g/mol. The van der Waals surface area contributed by atoms with E-state index < -0.39 is 5.92 Å². The van der Waals surface area contributed by atoms with Gasteiger partial charge in [-0.3, -0.25) is 15.0 Å². The van der Waals surface area contributed by atoms with Crippen LogP contribution >= 0.6 is 0 Å². The Bertz CT molecular complexity index is 341. The maximum absolute atomic E-state index is 12.7. The van der Waals surface area contributed by atoms with Crippen LogP contribution in [0.25, 0.3) is 0 Å². The van der Waals surface area contributed by atoms with Gasteiger partial charge < -0.3 is 5.73 Å². The number of nitrogens with zero attached hydrogens (tertiary/aromatic N) is 1. The lowest BCUT2D eigenvalue weighted by atomic mass is 10.1. The average molecular weight is 231 g/mol. The number of nitrogens with one attached hydrogen (secondary N) is 1. The highest BCUT2D eigenvalue weighted by Crippen LogP contribution is 2.52. The van der Waals surface area contributed by atoms with Crippen molar-refractivity contribution in [2.75, 3.05) is 19.6 Å². The van der Waals surface area contributed by atoms with Gasteiger partial charge in [0.15, 0.2) is 0 Å². The zero-order valence-corrected chi connectivity index (χ0v) is 8.88. The number of rotatable bonds is 3. The van der Waals surface area contributed by atoms with Crippen LogP contribution < -0.4 is 11.1 Å². The normalized spacial score (nSPS) is 44.9. The quantitative estimate of drug-likeness (QED) is 0.691. The van der Waals surface area contributed by atoms with Crippen LogP contribution in [0.1, 0.15) is 12.8 Å². The molecule has 6 heteroatoms. The Morgan fingerprint density at radius 3 is 2.69 bits per heavy atom. The van der Waals surface area contributed by atoms with Gasteiger partial charge in [-0.05, 0) is 18.8 Å². The van der Waals surface area contributed by atoms with E-state index in [1.807, 2.05) is 0 Å². The summed E-state index contributed by atoms with van der Waals surface area (Å²) in [6.07, 6.45) is 1.75. The second kappa shape index (κ2) is 2.92. The summed E-state index contributed by atoms with van der Waals surface area (Å²) >= 11 is 0. The number of likely N-dealkylation sites (tertiary alicyclic amines) is 1. The molecule has 16 heavy (non-hydrogen) atoms. The summed E-state index contributed by atoms with van der Waals surface area (Å²) in [7, 11) is 0. The van der Waals surface area contributed by atoms with Crippen LogP contribution in [0.4, 0.5) is 8.78 Å². The second-order valence-electron chi connectivity index (χ2n) is 5.39. The van der Waals surface area contributed by atoms with E-state index >= 15 is 0 Å². The van der Waals surface area contributed by atoms with E-state index in [2.05, 4.69) is 5.32 Å². The molecule has 0 bridgehead atoms. The molecule has 3 rings (SSSR count). The maximum Gasteiger partial charge on any atom is 0.272 e. The summed E-state index contributed by atoms with van der Waals surface area (Å²) in [5, 5.41) is 3.21. The van der Waals surface area contributed by atoms with Crippen LogP contribution in [0.2, 0.25) is 0 Å². The molecule has 3 N–H and O–H groups in total. The third-order valence-electron chi connectivity index (χ3n) is 3.97. The van der Waals surface area contributed by atoms with Crippen molar-refractivity contribution in [3.8, 4) is 0 Å². The zero-order chi connectivity index (χ0) is 11.6. The van der Waals surface area contributed by atoms with Gasteiger partial charge in [-0.15, -0.1) is 0 Å². The summed E-state index contributed by atoms with van der Waals surface area (Å²) < 4.78 is 25.3. The molecule has 3 aliphatic rings. The van der Waals surface area contributed by atoms with Crippen LogP contribution in [0, 0.1) is 5.92 Å². The molecule has 1 amide bonds. The summed E-state index contributed by atoms with van der Waals surface area (Å²) in [4.78, 5) is 12.8. The minimum atomic E-state index is -2.51. The van der Waals surface area contributed by atoms with Gasteiger partial charge in [0, 0.05) is 12.1 Å². The van der Waals surface area contributed by atoms with E-state index in [0.29, 0.717) is 12.5 Å². The van der Waals surface area contributed by atoms with Crippen molar-refractivity contribution < 1.29 is 13.6 Å². The van der Waals surface area contributed by atoms with Crippen LogP contribution in [-0.4, -0.2) is 47.9 Å². The molecule has 2 saturated heterocycles. The van der Waals surface area contributed by atoms with Crippen molar-refractivity contribution >= 4 is 5.91 Å². The maximum atomic E-state index is 12.7. The number of alkyl halides is 2. The van der Waals surface area contributed by atoms with Crippen molar-refractivity contribution in [2.24, 2.45) is 11.7 Å². The van der Waals surface area contributed by atoms with Gasteiger partial charge >= 0.3 is 0 Å².